The van der Waals surface area contributed by atoms with Crippen LogP contribution in [0.2, 0.25) is 5.15 Å². The van der Waals surface area contributed by atoms with Gasteiger partial charge in [0.05, 0.1) is 7.11 Å². The Balaban J connectivity index is 2.04. The Kier molecular flexibility index (Phi) is 4.61. The van der Waals surface area contributed by atoms with Gasteiger partial charge in [-0.2, -0.15) is 18.2 Å². The Bertz CT molecular complexity index is 694. The predicted molar refractivity (Wildman–Crippen MR) is 71.1 cm³/mol. The van der Waals surface area contributed by atoms with Crippen LogP contribution in [0, 0.1) is 0 Å². The number of nitrogens with zero attached hydrogens (tertiary/aromatic N) is 4. The molecule has 2 heterocycles. The molecular formula is C9H6ClF3N6O2S. The van der Waals surface area contributed by atoms with Crippen LogP contribution in [-0.4, -0.2) is 33.3 Å². The number of alkyl halides is 3. The summed E-state index contributed by atoms with van der Waals surface area (Å²) in [6.07, 6.45) is -4.63. The van der Waals surface area contributed by atoms with Crippen molar-refractivity contribution in [2.24, 2.45) is 0 Å². The number of urea groups is 1. The molecule has 0 atom stereocenters. The zero-order valence-corrected chi connectivity index (χ0v) is 12.2. The summed E-state index contributed by atoms with van der Waals surface area (Å²) in [6.45, 7) is 0. The quantitative estimate of drug-likeness (QED) is 0.821. The van der Waals surface area contributed by atoms with Crippen LogP contribution in [0.4, 0.5) is 29.0 Å². The van der Waals surface area contributed by atoms with E-state index < -0.39 is 17.2 Å². The average Bonchev–Trinajstić information content (AvgIpc) is 2.86. The van der Waals surface area contributed by atoms with Crippen molar-refractivity contribution in [1.82, 2.24) is 20.2 Å². The van der Waals surface area contributed by atoms with Crippen LogP contribution in [0.5, 0.6) is 5.88 Å². The fourth-order valence-corrected chi connectivity index (χ4v) is 1.95. The number of carbonyl (C=O) groups excluding carboxylic acids is 1. The first-order chi connectivity index (χ1) is 10.3. The summed E-state index contributed by atoms with van der Waals surface area (Å²) in [6, 6.07) is 0.402. The van der Waals surface area contributed by atoms with Gasteiger partial charge in [-0.15, -0.1) is 10.2 Å². The molecule has 13 heteroatoms. The minimum Gasteiger partial charge on any atom is -0.481 e. The van der Waals surface area contributed by atoms with Crippen LogP contribution >= 0.6 is 22.9 Å². The van der Waals surface area contributed by atoms with Gasteiger partial charge in [0, 0.05) is 6.07 Å². The maximum atomic E-state index is 12.3. The molecule has 0 bridgehead atoms. The largest absolute Gasteiger partial charge is 0.481 e. The molecule has 2 aromatic heterocycles. The molecule has 22 heavy (non-hydrogen) atoms. The minimum absolute atomic E-state index is 0.0115. The maximum absolute atomic E-state index is 12.3. The molecule has 0 saturated heterocycles. The van der Waals surface area contributed by atoms with Crippen LogP contribution in [-0.2, 0) is 6.18 Å². The molecule has 0 unspecified atom stereocenters. The Morgan fingerprint density at radius 3 is 2.64 bits per heavy atom. The second-order valence-electron chi connectivity index (χ2n) is 3.55. The number of ether oxygens (including phenoxy) is 1. The van der Waals surface area contributed by atoms with Crippen molar-refractivity contribution < 1.29 is 22.7 Å². The van der Waals surface area contributed by atoms with Crippen LogP contribution in [0.3, 0.4) is 0 Å². The topological polar surface area (TPSA) is 102 Å². The van der Waals surface area contributed by atoms with Crippen LogP contribution in [0.15, 0.2) is 6.07 Å². The average molecular weight is 355 g/mol. The first-order valence-electron chi connectivity index (χ1n) is 5.35. The van der Waals surface area contributed by atoms with E-state index in [1.54, 1.807) is 0 Å². The van der Waals surface area contributed by atoms with Gasteiger partial charge in [0.15, 0.2) is 0 Å². The molecule has 8 nitrogen and oxygen atoms in total. The van der Waals surface area contributed by atoms with Gasteiger partial charge in [-0.25, -0.2) is 9.78 Å². The third-order valence-corrected chi connectivity index (χ3v) is 3.07. The van der Waals surface area contributed by atoms with E-state index in [0.29, 0.717) is 0 Å². The fourth-order valence-electron chi connectivity index (χ4n) is 1.18. The molecule has 0 aliphatic rings. The molecule has 2 aromatic rings. The zero-order chi connectivity index (χ0) is 16.3. The van der Waals surface area contributed by atoms with Gasteiger partial charge in [-0.1, -0.05) is 22.9 Å². The molecule has 0 aromatic carbocycles. The summed E-state index contributed by atoms with van der Waals surface area (Å²) in [5, 5.41) is 8.86. The van der Waals surface area contributed by atoms with Crippen molar-refractivity contribution >= 4 is 40.0 Å². The van der Waals surface area contributed by atoms with E-state index in [1.165, 1.54) is 13.2 Å². The van der Waals surface area contributed by atoms with E-state index in [0.717, 1.165) is 0 Å². The molecule has 118 valence electrons. The van der Waals surface area contributed by atoms with Crippen molar-refractivity contribution in [2.75, 3.05) is 17.7 Å². The Hall–Kier alpha value is -2.21. The number of halogens is 4. The number of carbonyl (C=O) groups is 1. The summed E-state index contributed by atoms with van der Waals surface area (Å²) in [5.74, 6) is -0.0898. The summed E-state index contributed by atoms with van der Waals surface area (Å²) in [4.78, 5) is 19.1. The van der Waals surface area contributed by atoms with Gasteiger partial charge in [0.25, 0.3) is 0 Å². The number of hydrogen-bond acceptors (Lipinski definition) is 7. The number of hydrogen-bond donors (Lipinski definition) is 2. The summed E-state index contributed by atoms with van der Waals surface area (Å²) >= 11 is 5.86. The van der Waals surface area contributed by atoms with Crippen molar-refractivity contribution in [3.8, 4) is 5.88 Å². The third kappa shape index (κ3) is 4.14. The van der Waals surface area contributed by atoms with Crippen molar-refractivity contribution in [3.63, 3.8) is 0 Å². The zero-order valence-electron chi connectivity index (χ0n) is 10.6. The Morgan fingerprint density at radius 1 is 1.32 bits per heavy atom. The van der Waals surface area contributed by atoms with Crippen LogP contribution < -0.4 is 15.4 Å². The molecule has 0 radical (unpaired) electrons. The molecule has 0 aliphatic carbocycles. The second kappa shape index (κ2) is 6.27. The summed E-state index contributed by atoms with van der Waals surface area (Å²) < 4.78 is 41.9. The SMILES string of the molecule is COc1cc(Cl)nc(NC(=O)Nc2nnc(C(F)(F)F)s2)n1. The highest BCUT2D eigenvalue weighted by Gasteiger charge is 2.35. The van der Waals surface area contributed by atoms with Gasteiger partial charge < -0.3 is 4.74 Å². The van der Waals surface area contributed by atoms with E-state index in [9.17, 15) is 18.0 Å². The van der Waals surface area contributed by atoms with Crippen molar-refractivity contribution in [1.29, 1.82) is 0 Å². The second-order valence-corrected chi connectivity index (χ2v) is 4.91. The Labute approximate surface area is 129 Å². The highest BCUT2D eigenvalue weighted by atomic mass is 35.5. The van der Waals surface area contributed by atoms with E-state index in [2.05, 4.69) is 30.8 Å². The first kappa shape index (κ1) is 16.2. The Morgan fingerprint density at radius 2 is 2.05 bits per heavy atom. The smallest absolute Gasteiger partial charge is 0.445 e. The van der Waals surface area contributed by atoms with Gasteiger partial charge in [-0.3, -0.25) is 10.6 Å². The lowest BCUT2D eigenvalue weighted by Gasteiger charge is -2.05. The van der Waals surface area contributed by atoms with Crippen LogP contribution in [0.25, 0.3) is 0 Å². The highest BCUT2D eigenvalue weighted by molar-refractivity contribution is 7.15. The molecule has 0 aliphatic heterocycles. The molecule has 2 N–H and O–H groups in total. The van der Waals surface area contributed by atoms with Gasteiger partial charge in [0.2, 0.25) is 22.0 Å². The standard InChI is InChI=1S/C9H6ClF3N6O2S/c1-21-4-2-3(10)14-6(15-4)16-7(20)17-8-19-18-5(22-8)9(11,12)13/h2H,1H3,(H2,14,15,16,17,19,20). The van der Waals surface area contributed by atoms with Gasteiger partial charge >= 0.3 is 12.2 Å². The predicted octanol–water partition coefficient (Wildman–Crippen LogP) is 2.65. The van der Waals surface area contributed by atoms with E-state index >= 15 is 0 Å². The molecule has 2 rings (SSSR count). The summed E-state index contributed by atoms with van der Waals surface area (Å²) in [5.41, 5.74) is 0. The fraction of sp³-hybridized carbons (Fsp3) is 0.222. The number of methoxy groups -OCH3 is 1. The number of rotatable bonds is 3. The number of amides is 2. The molecule has 0 saturated carbocycles. The van der Waals surface area contributed by atoms with Gasteiger partial charge in [-0.05, 0) is 0 Å². The lowest BCUT2D eigenvalue weighted by Crippen LogP contribution is -2.21. The summed E-state index contributed by atoms with van der Waals surface area (Å²) in [7, 11) is 1.34. The van der Waals surface area contributed by atoms with Crippen molar-refractivity contribution in [3.05, 3.63) is 16.2 Å². The molecule has 2 amide bonds. The van der Waals surface area contributed by atoms with E-state index in [4.69, 9.17) is 16.3 Å². The maximum Gasteiger partial charge on any atom is 0.445 e. The lowest BCUT2D eigenvalue weighted by atomic mass is 10.6. The normalized spacial score (nSPS) is 11.1. The van der Waals surface area contributed by atoms with Crippen molar-refractivity contribution in [2.45, 2.75) is 6.18 Å². The van der Waals surface area contributed by atoms with E-state index in [1.807, 2.05) is 0 Å². The molecule has 0 spiro atoms. The monoisotopic (exact) mass is 354 g/mol. The molecular weight excluding hydrogens is 349 g/mol. The third-order valence-electron chi connectivity index (χ3n) is 1.99. The number of anilines is 2. The first-order valence-corrected chi connectivity index (χ1v) is 6.54. The minimum atomic E-state index is -4.63. The lowest BCUT2D eigenvalue weighted by molar-refractivity contribution is -0.138. The van der Waals surface area contributed by atoms with Gasteiger partial charge in [0.1, 0.15) is 5.15 Å². The molecule has 0 fully saturated rings. The number of nitrogens with one attached hydrogen (secondary N) is 2. The number of aromatic nitrogens is 4. The van der Waals surface area contributed by atoms with Crippen LogP contribution in [0.1, 0.15) is 5.01 Å². The van der Waals surface area contributed by atoms with E-state index in [-0.39, 0.29) is 33.4 Å². The highest BCUT2D eigenvalue weighted by Crippen LogP contribution is 2.32.